The van der Waals surface area contributed by atoms with Crippen LogP contribution in [-0.2, 0) is 9.59 Å². The fourth-order valence-corrected chi connectivity index (χ4v) is 0.552. The number of aliphatic carboxylic acids is 2. The van der Waals surface area contributed by atoms with E-state index in [0.29, 0.717) is 12.8 Å². The van der Waals surface area contributed by atoms with Crippen LogP contribution in [0, 0.1) is 0 Å². The summed E-state index contributed by atoms with van der Waals surface area (Å²) < 4.78 is 0. The van der Waals surface area contributed by atoms with Gasteiger partial charge in [0.25, 0.3) is 0 Å². The van der Waals surface area contributed by atoms with Crippen LogP contribution >= 0.6 is 0 Å². The van der Waals surface area contributed by atoms with Crippen molar-refractivity contribution in [1.29, 1.82) is 0 Å². The highest BCUT2D eigenvalue weighted by atomic mass is 16.4. The summed E-state index contributed by atoms with van der Waals surface area (Å²) in [6.07, 6.45) is 0.684. The van der Waals surface area contributed by atoms with Crippen LogP contribution in [0.25, 0.3) is 0 Å². The number of rotatable bonds is 5. The molecule has 0 unspecified atom stereocenters. The molecule has 110 valence electrons. The van der Waals surface area contributed by atoms with Crippen molar-refractivity contribution in [3.8, 4) is 0 Å². The van der Waals surface area contributed by atoms with Gasteiger partial charge in [0.1, 0.15) is 0 Å². The monoisotopic (exact) mass is 266 g/mol. The molecule has 0 spiro atoms. The molecule has 4 N–H and O–H groups in total. The molecule has 6 nitrogen and oxygen atoms in total. The van der Waals surface area contributed by atoms with Gasteiger partial charge in [-0.15, -0.1) is 0 Å². The van der Waals surface area contributed by atoms with Gasteiger partial charge in [0.05, 0.1) is 0 Å². The fraction of sp³-hybridized carbons (Fsp3) is 0.833. The summed E-state index contributed by atoms with van der Waals surface area (Å²) in [5.74, 6) is -1.74. The lowest BCUT2D eigenvalue weighted by molar-refractivity contribution is -0.139. The normalized spacial score (nSPS) is 9.11. The third kappa shape index (κ3) is 83.1. The van der Waals surface area contributed by atoms with E-state index in [1.54, 1.807) is 27.7 Å². The first-order valence-corrected chi connectivity index (χ1v) is 5.89. The van der Waals surface area contributed by atoms with E-state index in [2.05, 4.69) is 0 Å². The van der Waals surface area contributed by atoms with E-state index < -0.39 is 11.9 Å². The highest BCUT2D eigenvalue weighted by molar-refractivity contribution is 5.67. The van der Waals surface area contributed by atoms with Gasteiger partial charge in [-0.1, -0.05) is 0 Å². The minimum absolute atomic E-state index is 0.0628. The standard InChI is InChI=1S/C6H10O4.2C3H8O/c7-5(8)3-1-2-4-6(9)10;2*1-3(2)4/h1-4H2,(H,7,8)(H,9,10);2*3-4H,1-2H3. The number of carboxylic acids is 2. The molecule has 0 radical (unpaired) electrons. The Morgan fingerprint density at radius 1 is 0.778 bits per heavy atom. The molecule has 0 aliphatic heterocycles. The number of aliphatic hydroxyl groups is 2. The highest BCUT2D eigenvalue weighted by Gasteiger charge is 1.99. The Morgan fingerprint density at radius 3 is 1.06 bits per heavy atom. The SMILES string of the molecule is CC(C)O.CC(C)O.O=C(O)CCCCC(=O)O. The topological polar surface area (TPSA) is 115 Å². The molecule has 0 saturated heterocycles. The van der Waals surface area contributed by atoms with Gasteiger partial charge in [-0.25, -0.2) is 0 Å². The zero-order valence-corrected chi connectivity index (χ0v) is 11.6. The second-order valence-electron chi connectivity index (χ2n) is 4.18. The summed E-state index contributed by atoms with van der Waals surface area (Å²) in [4.78, 5) is 19.8. The van der Waals surface area contributed by atoms with Gasteiger partial charge in [-0.05, 0) is 40.5 Å². The molecule has 0 atom stereocenters. The predicted molar refractivity (Wildman–Crippen MR) is 68.4 cm³/mol. The molecule has 0 aliphatic rings. The molecule has 18 heavy (non-hydrogen) atoms. The van der Waals surface area contributed by atoms with Crippen LogP contribution in [-0.4, -0.2) is 44.6 Å². The molecule has 0 aromatic heterocycles. The first-order chi connectivity index (χ1) is 8.09. The van der Waals surface area contributed by atoms with Gasteiger partial charge in [0, 0.05) is 25.0 Å². The maximum absolute atomic E-state index is 9.90. The number of carbonyl (C=O) groups is 2. The molecular weight excluding hydrogens is 240 g/mol. The number of hydrogen-bond donors (Lipinski definition) is 4. The maximum Gasteiger partial charge on any atom is 0.303 e. The molecule has 0 saturated carbocycles. The maximum atomic E-state index is 9.90. The lowest BCUT2D eigenvalue weighted by Gasteiger charge is -1.92. The number of carboxylic acid groups (broad SMARTS) is 2. The van der Waals surface area contributed by atoms with Crippen molar-refractivity contribution in [2.75, 3.05) is 0 Å². The van der Waals surface area contributed by atoms with E-state index in [-0.39, 0.29) is 25.0 Å². The van der Waals surface area contributed by atoms with Crippen LogP contribution < -0.4 is 0 Å². The predicted octanol–water partition coefficient (Wildman–Crippen LogP) is 1.49. The summed E-state index contributed by atoms with van der Waals surface area (Å²) in [5, 5.41) is 32.4. The van der Waals surface area contributed by atoms with Gasteiger partial charge < -0.3 is 20.4 Å². The Kier molecular flexibility index (Phi) is 19.5. The third-order valence-corrected chi connectivity index (χ3v) is 1.03. The van der Waals surface area contributed by atoms with Crippen molar-refractivity contribution < 1.29 is 30.0 Å². The van der Waals surface area contributed by atoms with E-state index in [1.807, 2.05) is 0 Å². The van der Waals surface area contributed by atoms with Gasteiger partial charge >= 0.3 is 11.9 Å². The molecule has 0 aliphatic carbocycles. The Balaban J connectivity index is -0.000000233. The first-order valence-electron chi connectivity index (χ1n) is 5.89. The zero-order chi connectivity index (χ0) is 15.1. The molecule has 6 heteroatoms. The zero-order valence-electron chi connectivity index (χ0n) is 11.6. The average Bonchev–Trinajstić information content (AvgIpc) is 2.09. The molecule has 0 rings (SSSR count). The van der Waals surface area contributed by atoms with E-state index >= 15 is 0 Å². The summed E-state index contributed by atoms with van der Waals surface area (Å²) in [6.45, 7) is 6.89. The van der Waals surface area contributed by atoms with Crippen molar-refractivity contribution >= 4 is 11.9 Å². The third-order valence-electron chi connectivity index (χ3n) is 1.03. The summed E-state index contributed by atoms with van der Waals surface area (Å²) in [7, 11) is 0. The van der Waals surface area contributed by atoms with E-state index in [4.69, 9.17) is 20.4 Å². The van der Waals surface area contributed by atoms with E-state index in [1.165, 1.54) is 0 Å². The number of unbranched alkanes of at least 4 members (excludes halogenated alkanes) is 1. The van der Waals surface area contributed by atoms with Crippen LogP contribution in [0.2, 0.25) is 0 Å². The minimum atomic E-state index is -0.870. The van der Waals surface area contributed by atoms with E-state index in [0.717, 1.165) is 0 Å². The quantitative estimate of drug-likeness (QED) is 0.560. The Bertz CT molecular complexity index is 173. The molecular formula is C12H26O6. The van der Waals surface area contributed by atoms with Crippen LogP contribution in [0.1, 0.15) is 53.4 Å². The minimum Gasteiger partial charge on any atom is -0.481 e. The lowest BCUT2D eigenvalue weighted by atomic mass is 10.2. The molecule has 0 amide bonds. The summed E-state index contributed by atoms with van der Waals surface area (Å²) >= 11 is 0. The van der Waals surface area contributed by atoms with Crippen molar-refractivity contribution in [2.24, 2.45) is 0 Å². The van der Waals surface area contributed by atoms with Crippen molar-refractivity contribution in [1.82, 2.24) is 0 Å². The summed E-state index contributed by atoms with van der Waals surface area (Å²) in [6, 6.07) is 0. The van der Waals surface area contributed by atoms with Gasteiger partial charge in [0.15, 0.2) is 0 Å². The largest absolute Gasteiger partial charge is 0.481 e. The molecule has 0 fully saturated rings. The number of aliphatic hydroxyl groups excluding tert-OH is 2. The molecule has 0 bridgehead atoms. The molecule has 0 aromatic carbocycles. The second kappa shape index (κ2) is 15.9. The van der Waals surface area contributed by atoms with Gasteiger partial charge in [-0.3, -0.25) is 9.59 Å². The van der Waals surface area contributed by atoms with Crippen LogP contribution in [0.3, 0.4) is 0 Å². The van der Waals surface area contributed by atoms with E-state index in [9.17, 15) is 9.59 Å². The van der Waals surface area contributed by atoms with Crippen LogP contribution in [0.5, 0.6) is 0 Å². The van der Waals surface area contributed by atoms with Crippen molar-refractivity contribution in [3.05, 3.63) is 0 Å². The van der Waals surface area contributed by atoms with Crippen molar-refractivity contribution in [2.45, 2.75) is 65.6 Å². The van der Waals surface area contributed by atoms with Gasteiger partial charge in [-0.2, -0.15) is 0 Å². The summed E-state index contributed by atoms with van der Waals surface area (Å²) in [5.41, 5.74) is 0. The number of hydrogen-bond acceptors (Lipinski definition) is 4. The van der Waals surface area contributed by atoms with Crippen LogP contribution in [0.15, 0.2) is 0 Å². The van der Waals surface area contributed by atoms with Crippen molar-refractivity contribution in [3.63, 3.8) is 0 Å². The van der Waals surface area contributed by atoms with Crippen LogP contribution in [0.4, 0.5) is 0 Å². The average molecular weight is 266 g/mol. The second-order valence-corrected chi connectivity index (χ2v) is 4.18. The molecule has 0 heterocycles. The smallest absolute Gasteiger partial charge is 0.303 e. The Morgan fingerprint density at radius 2 is 0.944 bits per heavy atom. The first kappa shape index (κ1) is 22.1. The lowest BCUT2D eigenvalue weighted by Crippen LogP contribution is -1.97. The molecule has 0 aromatic rings. The highest BCUT2D eigenvalue weighted by Crippen LogP contribution is 1.98. The van der Waals surface area contributed by atoms with Gasteiger partial charge in [0.2, 0.25) is 0 Å². The Labute approximate surface area is 108 Å². The fourth-order valence-electron chi connectivity index (χ4n) is 0.552. The Hall–Kier alpha value is -1.14.